The highest BCUT2D eigenvalue weighted by atomic mass is 14.8. The van der Waals surface area contributed by atoms with Crippen LogP contribution >= 0.6 is 0 Å². The van der Waals surface area contributed by atoms with Crippen LogP contribution in [0.1, 0.15) is 0 Å². The highest BCUT2D eigenvalue weighted by molar-refractivity contribution is 6.22. The van der Waals surface area contributed by atoms with Gasteiger partial charge >= 0.3 is 0 Å². The number of rotatable bonds is 2. The van der Waals surface area contributed by atoms with Gasteiger partial charge in [0.1, 0.15) is 0 Å². The molecule has 0 aliphatic carbocycles. The minimum Gasteiger partial charge on any atom is -0.244 e. The minimum absolute atomic E-state index is 0.902. The van der Waals surface area contributed by atoms with Crippen molar-refractivity contribution in [2.75, 3.05) is 0 Å². The van der Waals surface area contributed by atoms with E-state index >= 15 is 0 Å². The number of hydrogen-bond acceptors (Lipinski definition) is 2. The predicted molar refractivity (Wildman–Crippen MR) is 160 cm³/mol. The summed E-state index contributed by atoms with van der Waals surface area (Å²) < 4.78 is 0. The normalized spacial score (nSPS) is 11.7. The second kappa shape index (κ2) is 8.22. The molecule has 0 fully saturated rings. The third-order valence-corrected chi connectivity index (χ3v) is 7.63. The molecule has 1 heterocycles. The van der Waals surface area contributed by atoms with Crippen LogP contribution in [0.15, 0.2) is 133 Å². The van der Waals surface area contributed by atoms with Gasteiger partial charge in [0.15, 0.2) is 0 Å². The molecule has 0 atom stereocenters. The van der Waals surface area contributed by atoms with Crippen molar-refractivity contribution < 1.29 is 0 Å². The monoisotopic (exact) mass is 482 g/mol. The second-order valence-electron chi connectivity index (χ2n) is 9.82. The topological polar surface area (TPSA) is 25.8 Å². The molecule has 2 heteroatoms. The summed E-state index contributed by atoms with van der Waals surface area (Å²) in [7, 11) is 0. The maximum Gasteiger partial charge on any atom is 0.0973 e. The Kier molecular flexibility index (Phi) is 4.55. The van der Waals surface area contributed by atoms with Crippen LogP contribution in [0.2, 0.25) is 0 Å². The maximum absolute atomic E-state index is 5.10. The van der Waals surface area contributed by atoms with Gasteiger partial charge in [-0.05, 0) is 61.3 Å². The number of aromatic nitrogens is 2. The third-order valence-electron chi connectivity index (χ3n) is 7.63. The largest absolute Gasteiger partial charge is 0.244 e. The van der Waals surface area contributed by atoms with E-state index in [4.69, 9.17) is 9.97 Å². The van der Waals surface area contributed by atoms with Crippen molar-refractivity contribution in [1.82, 2.24) is 9.97 Å². The van der Waals surface area contributed by atoms with Gasteiger partial charge in [0.2, 0.25) is 0 Å². The predicted octanol–water partition coefficient (Wildman–Crippen LogP) is 9.58. The fourth-order valence-electron chi connectivity index (χ4n) is 5.79. The first kappa shape index (κ1) is 21.0. The smallest absolute Gasteiger partial charge is 0.0973 e. The SMILES string of the molecule is c1ccc(-c2nc3ccccc3nc2-c2ccc3c(ccc4c3ccc3c5ccccc5ccc34)c2)cc1. The van der Waals surface area contributed by atoms with E-state index in [0.717, 1.165) is 33.5 Å². The van der Waals surface area contributed by atoms with E-state index in [0.29, 0.717) is 0 Å². The molecular weight excluding hydrogens is 460 g/mol. The van der Waals surface area contributed by atoms with Crippen molar-refractivity contribution in [3.8, 4) is 22.5 Å². The Morgan fingerprint density at radius 1 is 0.316 bits per heavy atom. The van der Waals surface area contributed by atoms with Crippen LogP contribution in [0.25, 0.3) is 76.6 Å². The van der Waals surface area contributed by atoms with E-state index in [-0.39, 0.29) is 0 Å². The van der Waals surface area contributed by atoms with Crippen LogP contribution in [0.4, 0.5) is 0 Å². The van der Waals surface area contributed by atoms with E-state index in [2.05, 4.69) is 103 Å². The Morgan fingerprint density at radius 2 is 0.816 bits per heavy atom. The number of nitrogens with zero attached hydrogens (tertiary/aromatic N) is 2. The molecule has 8 rings (SSSR count). The van der Waals surface area contributed by atoms with Crippen LogP contribution in [0.3, 0.4) is 0 Å². The van der Waals surface area contributed by atoms with Gasteiger partial charge in [0, 0.05) is 11.1 Å². The highest BCUT2D eigenvalue weighted by Gasteiger charge is 2.14. The second-order valence-corrected chi connectivity index (χ2v) is 9.82. The van der Waals surface area contributed by atoms with Crippen LogP contribution < -0.4 is 0 Å². The molecule has 38 heavy (non-hydrogen) atoms. The summed E-state index contributed by atoms with van der Waals surface area (Å²) in [5.74, 6) is 0. The molecule has 2 nitrogen and oxygen atoms in total. The Hall–Kier alpha value is -5.08. The van der Waals surface area contributed by atoms with Crippen molar-refractivity contribution in [1.29, 1.82) is 0 Å². The lowest BCUT2D eigenvalue weighted by atomic mass is 9.93. The lowest BCUT2D eigenvalue weighted by Gasteiger charge is -2.13. The average molecular weight is 483 g/mol. The Balaban J connectivity index is 1.36. The molecule has 8 aromatic rings. The molecule has 0 aliphatic rings. The molecule has 0 amide bonds. The number of benzene rings is 7. The first-order valence-electron chi connectivity index (χ1n) is 12.9. The van der Waals surface area contributed by atoms with E-state index in [1.165, 1.54) is 43.1 Å². The minimum atomic E-state index is 0.902. The standard InChI is InChI=1S/C36H22N2/c1-2-9-24(10-3-1)35-36(38-34-13-7-6-12-33(34)37-35)26-16-17-28-25(22-26)15-19-32-30(28)21-20-29-27-11-5-4-8-23(27)14-18-31(29)32/h1-22H. The summed E-state index contributed by atoms with van der Waals surface area (Å²) in [6, 6.07) is 47.3. The average Bonchev–Trinajstić information content (AvgIpc) is 3.00. The number of fused-ring (bicyclic) bond motifs is 8. The van der Waals surface area contributed by atoms with Gasteiger partial charge < -0.3 is 0 Å². The zero-order valence-corrected chi connectivity index (χ0v) is 20.6. The molecule has 1 aromatic heterocycles. The molecule has 0 bridgehead atoms. The third kappa shape index (κ3) is 3.21. The summed E-state index contributed by atoms with van der Waals surface area (Å²) >= 11 is 0. The molecular formula is C36H22N2. The lowest BCUT2D eigenvalue weighted by Crippen LogP contribution is -1.95. The molecule has 0 saturated carbocycles. The van der Waals surface area contributed by atoms with E-state index in [1.54, 1.807) is 0 Å². The number of hydrogen-bond donors (Lipinski definition) is 0. The highest BCUT2D eigenvalue weighted by Crippen LogP contribution is 2.37. The van der Waals surface area contributed by atoms with Gasteiger partial charge in [0.25, 0.3) is 0 Å². The summed E-state index contributed by atoms with van der Waals surface area (Å²) in [4.78, 5) is 10.1. The molecule has 0 saturated heterocycles. The fraction of sp³-hybridized carbons (Fsp3) is 0. The number of para-hydroxylation sites is 2. The van der Waals surface area contributed by atoms with Gasteiger partial charge in [-0.3, -0.25) is 0 Å². The van der Waals surface area contributed by atoms with Crippen LogP contribution in [0.5, 0.6) is 0 Å². The Morgan fingerprint density at radius 3 is 1.55 bits per heavy atom. The zero-order valence-electron chi connectivity index (χ0n) is 20.6. The first-order valence-corrected chi connectivity index (χ1v) is 12.9. The Labute approximate surface area is 219 Å². The quantitative estimate of drug-likeness (QED) is 0.229. The van der Waals surface area contributed by atoms with E-state index < -0.39 is 0 Å². The van der Waals surface area contributed by atoms with Gasteiger partial charge in [-0.1, -0.05) is 115 Å². The molecule has 0 N–H and O–H groups in total. The van der Waals surface area contributed by atoms with Crippen molar-refractivity contribution in [2.24, 2.45) is 0 Å². The summed E-state index contributed by atoms with van der Waals surface area (Å²) in [5, 5.41) is 10.2. The van der Waals surface area contributed by atoms with Gasteiger partial charge in [-0.15, -0.1) is 0 Å². The van der Waals surface area contributed by atoms with Crippen LogP contribution in [-0.4, -0.2) is 9.97 Å². The Bertz CT molecular complexity index is 2180. The lowest BCUT2D eigenvalue weighted by molar-refractivity contribution is 1.29. The molecule has 176 valence electrons. The fourth-order valence-corrected chi connectivity index (χ4v) is 5.79. The summed E-state index contributed by atoms with van der Waals surface area (Å²) in [5.41, 5.74) is 5.75. The van der Waals surface area contributed by atoms with Gasteiger partial charge in [-0.25, -0.2) is 9.97 Å². The van der Waals surface area contributed by atoms with E-state index in [9.17, 15) is 0 Å². The zero-order chi connectivity index (χ0) is 25.1. The van der Waals surface area contributed by atoms with Crippen molar-refractivity contribution in [2.45, 2.75) is 0 Å². The van der Waals surface area contributed by atoms with Crippen LogP contribution in [-0.2, 0) is 0 Å². The maximum atomic E-state index is 5.10. The molecule has 0 spiro atoms. The summed E-state index contributed by atoms with van der Waals surface area (Å²) in [6.07, 6.45) is 0. The summed E-state index contributed by atoms with van der Waals surface area (Å²) in [6.45, 7) is 0. The van der Waals surface area contributed by atoms with E-state index in [1.807, 2.05) is 30.3 Å². The molecule has 0 unspecified atom stereocenters. The van der Waals surface area contributed by atoms with Crippen LogP contribution in [0, 0.1) is 0 Å². The van der Waals surface area contributed by atoms with Crippen molar-refractivity contribution in [3.63, 3.8) is 0 Å². The van der Waals surface area contributed by atoms with Crippen molar-refractivity contribution in [3.05, 3.63) is 133 Å². The van der Waals surface area contributed by atoms with Crippen molar-refractivity contribution >= 4 is 54.1 Å². The molecule has 0 radical (unpaired) electrons. The first-order chi connectivity index (χ1) is 18.8. The van der Waals surface area contributed by atoms with Gasteiger partial charge in [0.05, 0.1) is 22.4 Å². The van der Waals surface area contributed by atoms with Gasteiger partial charge in [-0.2, -0.15) is 0 Å². The molecule has 0 aliphatic heterocycles. The molecule has 7 aromatic carbocycles.